The lowest BCUT2D eigenvalue weighted by molar-refractivity contribution is -0.127. The van der Waals surface area contributed by atoms with Crippen molar-refractivity contribution in [1.29, 1.82) is 0 Å². The molecule has 1 atom stereocenters. The lowest BCUT2D eigenvalue weighted by Gasteiger charge is -2.35. The van der Waals surface area contributed by atoms with E-state index in [1.807, 2.05) is 18.7 Å². The average molecular weight is 458 g/mol. The van der Waals surface area contributed by atoms with Gasteiger partial charge < -0.3 is 10.2 Å². The van der Waals surface area contributed by atoms with E-state index in [0.29, 0.717) is 35.6 Å². The van der Waals surface area contributed by atoms with Crippen LogP contribution >= 0.6 is 11.3 Å². The number of carbonyl (C=O) groups is 2. The smallest absolute Gasteiger partial charge is 0.265 e. The minimum atomic E-state index is -0.289. The van der Waals surface area contributed by atoms with Crippen molar-refractivity contribution >= 4 is 23.2 Å². The van der Waals surface area contributed by atoms with Crippen LogP contribution in [0.2, 0.25) is 0 Å². The zero-order valence-corrected chi connectivity index (χ0v) is 19.7. The monoisotopic (exact) mass is 457 g/mol. The molecule has 1 aliphatic heterocycles. The molecule has 2 fully saturated rings. The fourth-order valence-corrected chi connectivity index (χ4v) is 5.89. The molecule has 7 heteroatoms. The van der Waals surface area contributed by atoms with Gasteiger partial charge >= 0.3 is 0 Å². The van der Waals surface area contributed by atoms with Gasteiger partial charge in [-0.3, -0.25) is 9.59 Å². The largest absolute Gasteiger partial charge is 0.353 e. The molecular weight excluding hydrogens is 425 g/mol. The van der Waals surface area contributed by atoms with Crippen molar-refractivity contribution in [3.8, 4) is 10.6 Å². The second-order valence-electron chi connectivity index (χ2n) is 9.20. The molecule has 1 aromatic heterocycles. The van der Waals surface area contributed by atoms with Gasteiger partial charge in [-0.15, -0.1) is 11.3 Å². The molecule has 2 aromatic rings. The van der Waals surface area contributed by atoms with Crippen LogP contribution in [0.25, 0.3) is 10.6 Å². The third-order valence-corrected chi connectivity index (χ3v) is 8.18. The van der Waals surface area contributed by atoms with Gasteiger partial charge in [-0.1, -0.05) is 26.2 Å². The Morgan fingerprint density at radius 3 is 2.41 bits per heavy atom. The predicted octanol–water partition coefficient (Wildman–Crippen LogP) is 5.19. The molecule has 0 unspecified atom stereocenters. The normalized spacial score (nSPS) is 19.0. The van der Waals surface area contributed by atoms with Crippen molar-refractivity contribution in [2.24, 2.45) is 11.8 Å². The zero-order chi connectivity index (χ0) is 22.7. The summed E-state index contributed by atoms with van der Waals surface area (Å²) >= 11 is 1.36. The van der Waals surface area contributed by atoms with E-state index in [1.54, 1.807) is 12.1 Å². The summed E-state index contributed by atoms with van der Waals surface area (Å²) in [5, 5.41) is 3.99. The summed E-state index contributed by atoms with van der Waals surface area (Å²) in [6, 6.07) is 6.53. The Kier molecular flexibility index (Phi) is 7.23. The van der Waals surface area contributed by atoms with Gasteiger partial charge in [0, 0.05) is 30.6 Å². The number of nitrogens with zero attached hydrogens (tertiary/aromatic N) is 2. The molecule has 1 aromatic carbocycles. The van der Waals surface area contributed by atoms with Crippen LogP contribution in [0.15, 0.2) is 24.3 Å². The minimum absolute atomic E-state index is 0.00567. The average Bonchev–Trinajstić information content (AvgIpc) is 3.20. The fourth-order valence-electron chi connectivity index (χ4n) is 4.85. The van der Waals surface area contributed by atoms with E-state index >= 15 is 0 Å². The van der Waals surface area contributed by atoms with Crippen LogP contribution in [-0.2, 0) is 4.79 Å². The van der Waals surface area contributed by atoms with Crippen molar-refractivity contribution in [1.82, 2.24) is 15.2 Å². The third kappa shape index (κ3) is 5.20. The highest BCUT2D eigenvalue weighted by atomic mass is 32.1. The van der Waals surface area contributed by atoms with Gasteiger partial charge in [0.1, 0.15) is 15.7 Å². The second-order valence-corrected chi connectivity index (χ2v) is 10.2. The number of aryl methyl sites for hydroxylation is 1. The number of benzene rings is 1. The maximum atomic E-state index is 13.2. The van der Waals surface area contributed by atoms with Crippen LogP contribution in [-0.4, -0.2) is 40.8 Å². The van der Waals surface area contributed by atoms with Gasteiger partial charge in [0.15, 0.2) is 0 Å². The van der Waals surface area contributed by atoms with Crippen molar-refractivity contribution in [3.05, 3.63) is 40.7 Å². The summed E-state index contributed by atoms with van der Waals surface area (Å²) in [6.45, 7) is 5.20. The highest BCUT2D eigenvalue weighted by Gasteiger charge is 2.32. The predicted molar refractivity (Wildman–Crippen MR) is 125 cm³/mol. The van der Waals surface area contributed by atoms with Crippen molar-refractivity contribution in [2.45, 2.75) is 64.8 Å². The van der Waals surface area contributed by atoms with Crippen molar-refractivity contribution in [3.63, 3.8) is 0 Å². The van der Waals surface area contributed by atoms with Crippen LogP contribution in [0.1, 0.15) is 67.2 Å². The number of carbonyl (C=O) groups excluding carboxylic acids is 2. The maximum absolute atomic E-state index is 13.2. The van der Waals surface area contributed by atoms with Gasteiger partial charge in [0.2, 0.25) is 5.91 Å². The topological polar surface area (TPSA) is 62.3 Å². The molecule has 0 radical (unpaired) electrons. The van der Waals surface area contributed by atoms with Gasteiger partial charge in [0.25, 0.3) is 5.91 Å². The number of thiazole rings is 1. The number of piperidine rings is 1. The summed E-state index contributed by atoms with van der Waals surface area (Å²) in [5.41, 5.74) is 1.52. The first kappa shape index (κ1) is 22.9. The molecule has 172 valence electrons. The van der Waals surface area contributed by atoms with Crippen LogP contribution in [0.4, 0.5) is 4.39 Å². The molecule has 0 spiro atoms. The molecule has 5 nitrogen and oxygen atoms in total. The summed E-state index contributed by atoms with van der Waals surface area (Å²) in [7, 11) is 0. The van der Waals surface area contributed by atoms with Crippen LogP contribution < -0.4 is 5.32 Å². The van der Waals surface area contributed by atoms with Gasteiger partial charge in [-0.2, -0.15) is 0 Å². The first-order valence-electron chi connectivity index (χ1n) is 11.8. The number of halogens is 1. The quantitative estimate of drug-likeness (QED) is 0.672. The molecule has 1 N–H and O–H groups in total. The van der Waals surface area contributed by atoms with Gasteiger partial charge in [-0.05, 0) is 62.8 Å². The molecule has 1 saturated heterocycles. The molecule has 32 heavy (non-hydrogen) atoms. The SMILES string of the molecule is Cc1nc(-c2ccc(F)cc2)sc1C(=O)N1CCC([C@@H](C)C(=O)NC2CCCCC2)CC1. The molecule has 2 aliphatic rings. The lowest BCUT2D eigenvalue weighted by atomic mass is 9.84. The van der Waals surface area contributed by atoms with E-state index < -0.39 is 0 Å². The van der Waals surface area contributed by atoms with E-state index in [-0.39, 0.29) is 23.5 Å². The number of hydrogen-bond acceptors (Lipinski definition) is 4. The van der Waals surface area contributed by atoms with Crippen molar-refractivity contribution < 1.29 is 14.0 Å². The van der Waals surface area contributed by atoms with E-state index in [2.05, 4.69) is 10.3 Å². The minimum Gasteiger partial charge on any atom is -0.353 e. The van der Waals surface area contributed by atoms with E-state index in [4.69, 9.17) is 0 Å². The summed E-state index contributed by atoms with van der Waals surface area (Å²) in [6.07, 6.45) is 7.57. The van der Waals surface area contributed by atoms with E-state index in [9.17, 15) is 14.0 Å². The van der Waals surface area contributed by atoms with Crippen LogP contribution in [0, 0.1) is 24.6 Å². The highest BCUT2D eigenvalue weighted by Crippen LogP contribution is 2.31. The Morgan fingerprint density at radius 1 is 1.09 bits per heavy atom. The molecule has 2 heterocycles. The summed E-state index contributed by atoms with van der Waals surface area (Å²) in [4.78, 5) is 33.0. The highest BCUT2D eigenvalue weighted by molar-refractivity contribution is 7.17. The van der Waals surface area contributed by atoms with Crippen molar-refractivity contribution in [2.75, 3.05) is 13.1 Å². The molecule has 2 amide bonds. The maximum Gasteiger partial charge on any atom is 0.265 e. The Balaban J connectivity index is 1.33. The van der Waals surface area contributed by atoms with Gasteiger partial charge in [0.05, 0.1) is 5.69 Å². The number of aromatic nitrogens is 1. The van der Waals surface area contributed by atoms with Crippen LogP contribution in [0.5, 0.6) is 0 Å². The Morgan fingerprint density at radius 2 is 1.75 bits per heavy atom. The number of nitrogens with one attached hydrogen (secondary N) is 1. The lowest BCUT2D eigenvalue weighted by Crippen LogP contribution is -2.45. The molecule has 1 saturated carbocycles. The number of amides is 2. The summed E-state index contributed by atoms with van der Waals surface area (Å²) in [5.74, 6) is 0.169. The molecule has 0 bridgehead atoms. The number of rotatable bonds is 5. The molecule has 4 rings (SSSR count). The Hall–Kier alpha value is -2.28. The molecular formula is C25H32FN3O2S. The Labute approximate surface area is 193 Å². The van der Waals surface area contributed by atoms with E-state index in [1.165, 1.54) is 42.7 Å². The second kappa shape index (κ2) is 10.1. The number of likely N-dealkylation sites (tertiary alicyclic amines) is 1. The van der Waals surface area contributed by atoms with Gasteiger partial charge in [-0.25, -0.2) is 9.37 Å². The zero-order valence-electron chi connectivity index (χ0n) is 18.9. The first-order chi connectivity index (χ1) is 15.4. The summed E-state index contributed by atoms with van der Waals surface area (Å²) < 4.78 is 13.2. The number of hydrogen-bond donors (Lipinski definition) is 1. The third-order valence-electron chi connectivity index (χ3n) is 6.98. The van der Waals surface area contributed by atoms with Crippen LogP contribution in [0.3, 0.4) is 0 Å². The standard InChI is InChI=1S/C25H32FN3O2S/c1-16(23(30)28-21-6-4-3-5-7-21)18-12-14-29(15-13-18)25(31)22-17(2)27-24(32-22)19-8-10-20(26)11-9-19/h8-11,16,18,21H,3-7,12-15H2,1-2H3,(H,28,30)/t16-/m1/s1. The fraction of sp³-hybridized carbons (Fsp3) is 0.560. The Bertz CT molecular complexity index is 945. The van der Waals surface area contributed by atoms with E-state index in [0.717, 1.165) is 36.3 Å². The first-order valence-corrected chi connectivity index (χ1v) is 12.6. The molecule has 1 aliphatic carbocycles.